The van der Waals surface area contributed by atoms with Crippen LogP contribution in [0.4, 0.5) is 0 Å². The van der Waals surface area contributed by atoms with E-state index in [-0.39, 0.29) is 4.90 Å². The van der Waals surface area contributed by atoms with Gasteiger partial charge in [0.15, 0.2) is 0 Å². The molecule has 1 aliphatic heterocycles. The molecule has 0 aliphatic carbocycles. The topological polar surface area (TPSA) is 78.1 Å². The minimum atomic E-state index is -3.46. The fraction of sp³-hybridized carbons (Fsp3) is 0.471. The van der Waals surface area contributed by atoms with Crippen molar-refractivity contribution in [2.45, 2.75) is 43.2 Å². The first-order valence-electron chi connectivity index (χ1n) is 8.41. The Morgan fingerprint density at radius 3 is 2.83 bits per heavy atom. The van der Waals surface area contributed by atoms with Gasteiger partial charge in [-0.25, -0.2) is 13.1 Å². The van der Waals surface area contributed by atoms with Crippen molar-refractivity contribution in [1.82, 2.24) is 19.8 Å². The molecule has 2 aromatic rings. The smallest absolute Gasteiger partial charge is 0.243 e. The molecule has 0 bridgehead atoms. The summed E-state index contributed by atoms with van der Waals surface area (Å²) >= 11 is 0. The van der Waals surface area contributed by atoms with Gasteiger partial charge < -0.3 is 0 Å². The second-order valence-electron chi connectivity index (χ2n) is 6.23. The van der Waals surface area contributed by atoms with Gasteiger partial charge in [-0.05, 0) is 31.4 Å². The Hall–Kier alpha value is -1.70. The van der Waals surface area contributed by atoms with Crippen LogP contribution in [0.3, 0.4) is 0 Å². The molecule has 1 aromatic heterocycles. The third-order valence-corrected chi connectivity index (χ3v) is 5.96. The third kappa shape index (κ3) is 4.43. The van der Waals surface area contributed by atoms with Crippen LogP contribution in [-0.2, 0) is 16.6 Å². The van der Waals surface area contributed by atoms with Gasteiger partial charge in [0.25, 0.3) is 0 Å². The predicted molar refractivity (Wildman–Crippen MR) is 92.9 cm³/mol. The molecule has 130 valence electrons. The maximum absolute atomic E-state index is 12.1. The van der Waals surface area contributed by atoms with Crippen molar-refractivity contribution in [3.05, 3.63) is 48.3 Å². The van der Waals surface area contributed by atoms with Gasteiger partial charge >= 0.3 is 0 Å². The van der Waals surface area contributed by atoms with Crippen LogP contribution in [0, 0.1) is 0 Å². The van der Waals surface area contributed by atoms with Crippen molar-refractivity contribution in [1.29, 1.82) is 0 Å². The first-order chi connectivity index (χ1) is 11.6. The molecule has 0 saturated carbocycles. The van der Waals surface area contributed by atoms with E-state index in [0.29, 0.717) is 12.6 Å². The Kier molecular flexibility index (Phi) is 5.65. The van der Waals surface area contributed by atoms with E-state index in [0.717, 1.165) is 25.9 Å². The summed E-state index contributed by atoms with van der Waals surface area (Å²) in [6.07, 6.45) is 7.09. The summed E-state index contributed by atoms with van der Waals surface area (Å²) < 4.78 is 26.9. The number of H-pyrrole nitrogens is 1. The lowest BCUT2D eigenvalue weighted by Crippen LogP contribution is -2.41. The van der Waals surface area contributed by atoms with E-state index in [4.69, 9.17) is 0 Å². The van der Waals surface area contributed by atoms with E-state index in [1.165, 1.54) is 30.8 Å². The average molecular weight is 348 g/mol. The van der Waals surface area contributed by atoms with Crippen molar-refractivity contribution in [3.63, 3.8) is 0 Å². The van der Waals surface area contributed by atoms with E-state index >= 15 is 0 Å². The van der Waals surface area contributed by atoms with Gasteiger partial charge in [-0.3, -0.25) is 10.00 Å². The summed E-state index contributed by atoms with van der Waals surface area (Å²) in [7, 11) is -3.46. The SMILES string of the molecule is O=S(=O)(NCC[C@H]1CCCCN1Cc1ccccc1)c1cn[nH]c1. The molecule has 3 rings (SSSR count). The Morgan fingerprint density at radius 1 is 1.25 bits per heavy atom. The zero-order valence-electron chi connectivity index (χ0n) is 13.7. The molecule has 0 unspecified atom stereocenters. The number of piperidine rings is 1. The minimum Gasteiger partial charge on any atom is -0.296 e. The second-order valence-corrected chi connectivity index (χ2v) is 7.99. The van der Waals surface area contributed by atoms with Crippen LogP contribution in [0.1, 0.15) is 31.2 Å². The van der Waals surface area contributed by atoms with Gasteiger partial charge in [0.05, 0.1) is 6.20 Å². The van der Waals surface area contributed by atoms with E-state index in [1.807, 2.05) is 6.07 Å². The molecule has 0 spiro atoms. The zero-order chi connectivity index (χ0) is 16.8. The number of nitrogens with one attached hydrogen (secondary N) is 2. The average Bonchev–Trinajstić information content (AvgIpc) is 3.13. The molecule has 6 nitrogen and oxygen atoms in total. The third-order valence-electron chi connectivity index (χ3n) is 4.53. The minimum absolute atomic E-state index is 0.187. The summed E-state index contributed by atoms with van der Waals surface area (Å²) in [5.74, 6) is 0. The van der Waals surface area contributed by atoms with Crippen LogP contribution in [0.15, 0.2) is 47.6 Å². The van der Waals surface area contributed by atoms with E-state index in [2.05, 4.69) is 44.1 Å². The summed E-state index contributed by atoms with van der Waals surface area (Å²) in [5.41, 5.74) is 1.31. The molecular formula is C17H24N4O2S. The maximum Gasteiger partial charge on any atom is 0.243 e. The lowest BCUT2D eigenvalue weighted by atomic mass is 9.98. The van der Waals surface area contributed by atoms with Crippen LogP contribution in [0.5, 0.6) is 0 Å². The molecule has 0 amide bonds. The largest absolute Gasteiger partial charge is 0.296 e. The molecule has 24 heavy (non-hydrogen) atoms. The fourth-order valence-corrected chi connectivity index (χ4v) is 4.19. The van der Waals surface area contributed by atoms with Crippen molar-refractivity contribution in [2.75, 3.05) is 13.1 Å². The Bertz CT molecular complexity index is 716. The van der Waals surface area contributed by atoms with Crippen LogP contribution < -0.4 is 4.72 Å². The van der Waals surface area contributed by atoms with Crippen LogP contribution in [0.2, 0.25) is 0 Å². The number of benzene rings is 1. The first kappa shape index (κ1) is 17.1. The fourth-order valence-electron chi connectivity index (χ4n) is 3.24. The van der Waals surface area contributed by atoms with Crippen molar-refractivity contribution in [3.8, 4) is 0 Å². The monoisotopic (exact) mass is 348 g/mol. The summed E-state index contributed by atoms with van der Waals surface area (Å²) in [4.78, 5) is 2.66. The second kappa shape index (κ2) is 7.92. The van der Waals surface area contributed by atoms with Crippen molar-refractivity contribution >= 4 is 10.0 Å². The van der Waals surface area contributed by atoms with Crippen molar-refractivity contribution in [2.24, 2.45) is 0 Å². The predicted octanol–water partition coefficient (Wildman–Crippen LogP) is 2.13. The molecule has 2 heterocycles. The highest BCUT2D eigenvalue weighted by molar-refractivity contribution is 7.89. The quantitative estimate of drug-likeness (QED) is 0.803. The number of hydrogen-bond acceptors (Lipinski definition) is 4. The zero-order valence-corrected chi connectivity index (χ0v) is 14.5. The number of aromatic nitrogens is 2. The Labute approximate surface area is 143 Å². The van der Waals surface area contributed by atoms with Gasteiger partial charge in [0, 0.05) is 25.3 Å². The van der Waals surface area contributed by atoms with E-state index in [1.54, 1.807) is 0 Å². The molecule has 7 heteroatoms. The molecule has 1 fully saturated rings. The number of likely N-dealkylation sites (tertiary alicyclic amines) is 1. The molecular weight excluding hydrogens is 324 g/mol. The summed E-state index contributed by atoms with van der Waals surface area (Å²) in [5, 5.41) is 6.23. The van der Waals surface area contributed by atoms with Gasteiger partial charge in [-0.15, -0.1) is 0 Å². The lowest BCUT2D eigenvalue weighted by molar-refractivity contribution is 0.133. The van der Waals surface area contributed by atoms with Crippen LogP contribution in [0.25, 0.3) is 0 Å². The Balaban J connectivity index is 1.54. The molecule has 1 aromatic carbocycles. The number of sulfonamides is 1. The Morgan fingerprint density at radius 2 is 2.08 bits per heavy atom. The van der Waals surface area contributed by atoms with Gasteiger partial charge in [-0.2, -0.15) is 5.10 Å². The highest BCUT2D eigenvalue weighted by Gasteiger charge is 2.23. The van der Waals surface area contributed by atoms with Gasteiger partial charge in [0.1, 0.15) is 4.90 Å². The molecule has 1 aliphatic rings. The first-order valence-corrected chi connectivity index (χ1v) is 9.90. The summed E-state index contributed by atoms with van der Waals surface area (Å²) in [6.45, 7) is 2.46. The number of aromatic amines is 1. The van der Waals surface area contributed by atoms with Gasteiger partial charge in [-0.1, -0.05) is 36.8 Å². The van der Waals surface area contributed by atoms with E-state index in [9.17, 15) is 8.42 Å². The highest BCUT2D eigenvalue weighted by Crippen LogP contribution is 2.22. The van der Waals surface area contributed by atoms with Crippen molar-refractivity contribution < 1.29 is 8.42 Å². The number of rotatable bonds is 7. The molecule has 2 N–H and O–H groups in total. The molecule has 1 atom stereocenters. The molecule has 1 saturated heterocycles. The summed E-state index contributed by atoms with van der Waals surface area (Å²) in [6, 6.07) is 10.9. The maximum atomic E-state index is 12.1. The number of hydrogen-bond donors (Lipinski definition) is 2. The van der Waals surface area contributed by atoms with Gasteiger partial charge in [0.2, 0.25) is 10.0 Å². The normalized spacial score (nSPS) is 19.4. The highest BCUT2D eigenvalue weighted by atomic mass is 32.2. The van der Waals surface area contributed by atoms with Crippen LogP contribution in [-0.4, -0.2) is 42.6 Å². The number of nitrogens with zero attached hydrogens (tertiary/aromatic N) is 2. The van der Waals surface area contributed by atoms with Crippen LogP contribution >= 0.6 is 0 Å². The van der Waals surface area contributed by atoms with E-state index < -0.39 is 10.0 Å². The molecule has 0 radical (unpaired) electrons. The lowest BCUT2D eigenvalue weighted by Gasteiger charge is -2.36. The standard InChI is InChI=1S/C17H24N4O2S/c22-24(23,17-12-18-19-13-17)20-10-9-16-8-4-5-11-21(16)14-15-6-2-1-3-7-15/h1-3,6-7,12-13,16,20H,4-5,8-11,14H2,(H,18,19)/t16-/m1/s1.